The van der Waals surface area contributed by atoms with Crippen LogP contribution in [0, 0.1) is 0 Å². The van der Waals surface area contributed by atoms with E-state index in [0.717, 1.165) is 28.4 Å². The number of fused-ring (bicyclic) bond motifs is 11. The highest BCUT2D eigenvalue weighted by atomic mass is 16.3. The Balaban J connectivity index is 1.30. The molecular formula is C41H25NO. The van der Waals surface area contributed by atoms with Crippen molar-refractivity contribution in [3.8, 4) is 27.9 Å². The molecule has 9 aromatic rings. The molecule has 0 unspecified atom stereocenters. The Morgan fingerprint density at radius 3 is 2.09 bits per heavy atom. The third-order valence-electron chi connectivity index (χ3n) is 9.39. The quantitative estimate of drug-likeness (QED) is 0.210. The van der Waals surface area contributed by atoms with E-state index in [4.69, 9.17) is 4.42 Å². The summed E-state index contributed by atoms with van der Waals surface area (Å²) in [5.74, 6) is 0. The van der Waals surface area contributed by atoms with Gasteiger partial charge in [0.2, 0.25) is 0 Å². The first-order valence-electron chi connectivity index (χ1n) is 14.9. The SMILES string of the molecule is c1ccc(-c2ccc3c(c2)c2ccccc2n3-c2cc3c4cc5c(cc4oc3c3ccccc23)Cc2ccccc2-5)cc1. The molecule has 0 amide bonds. The first kappa shape index (κ1) is 23.0. The number of hydrogen-bond acceptors (Lipinski definition) is 1. The Morgan fingerprint density at radius 2 is 1.19 bits per heavy atom. The molecule has 1 aliphatic carbocycles. The van der Waals surface area contributed by atoms with E-state index >= 15 is 0 Å². The number of benzene rings is 7. The van der Waals surface area contributed by atoms with Crippen LogP contribution in [-0.4, -0.2) is 4.57 Å². The summed E-state index contributed by atoms with van der Waals surface area (Å²) in [4.78, 5) is 0. The van der Waals surface area contributed by atoms with E-state index in [9.17, 15) is 0 Å². The van der Waals surface area contributed by atoms with Crippen LogP contribution in [0.1, 0.15) is 11.1 Å². The molecule has 1 aliphatic rings. The molecular weight excluding hydrogens is 522 g/mol. The fourth-order valence-electron chi connectivity index (χ4n) is 7.43. The Morgan fingerprint density at radius 1 is 0.442 bits per heavy atom. The molecule has 2 nitrogen and oxygen atoms in total. The highest BCUT2D eigenvalue weighted by Crippen LogP contribution is 2.45. The normalized spacial score (nSPS) is 12.6. The standard InChI is InChI=1S/C41H25NO/c1-2-10-25(11-3-1)26-18-19-38-34(21-26)31-15-8-9-17-37(31)42(38)39-24-36-35-23-33-28(20-27-12-4-5-13-29(27)33)22-40(35)43-41(36)32-16-7-6-14-30(32)39/h1-19,21-24H,20H2. The predicted octanol–water partition coefficient (Wildman–Crippen LogP) is 11.1. The van der Waals surface area contributed by atoms with E-state index < -0.39 is 0 Å². The Hall–Kier alpha value is -5.60. The van der Waals surface area contributed by atoms with Gasteiger partial charge in [-0.2, -0.15) is 0 Å². The van der Waals surface area contributed by atoms with Crippen molar-refractivity contribution in [1.29, 1.82) is 0 Å². The molecule has 0 spiro atoms. The number of furan rings is 1. The van der Waals surface area contributed by atoms with Gasteiger partial charge in [0, 0.05) is 32.3 Å². The molecule has 10 rings (SSSR count). The smallest absolute Gasteiger partial charge is 0.143 e. The summed E-state index contributed by atoms with van der Waals surface area (Å²) >= 11 is 0. The van der Waals surface area contributed by atoms with E-state index in [0.29, 0.717) is 0 Å². The van der Waals surface area contributed by atoms with E-state index in [2.05, 4.69) is 144 Å². The fourth-order valence-corrected chi connectivity index (χ4v) is 7.43. The summed E-state index contributed by atoms with van der Waals surface area (Å²) in [6, 6.07) is 50.7. The van der Waals surface area contributed by atoms with Crippen LogP contribution in [0.2, 0.25) is 0 Å². The van der Waals surface area contributed by atoms with E-state index in [1.807, 2.05) is 0 Å². The minimum absolute atomic E-state index is 0.955. The zero-order valence-corrected chi connectivity index (χ0v) is 23.3. The van der Waals surface area contributed by atoms with E-state index in [1.54, 1.807) is 0 Å². The summed E-state index contributed by atoms with van der Waals surface area (Å²) in [6.45, 7) is 0. The second-order valence-corrected chi connectivity index (χ2v) is 11.7. The fraction of sp³-hybridized carbons (Fsp3) is 0.0244. The van der Waals surface area contributed by atoms with Gasteiger partial charge in [-0.05, 0) is 76.2 Å². The maximum Gasteiger partial charge on any atom is 0.143 e. The molecule has 0 radical (unpaired) electrons. The van der Waals surface area contributed by atoms with Gasteiger partial charge in [0.1, 0.15) is 11.2 Å². The number of hydrogen-bond donors (Lipinski definition) is 0. The molecule has 200 valence electrons. The second kappa shape index (κ2) is 8.47. The molecule has 0 saturated carbocycles. The molecule has 2 aromatic heterocycles. The van der Waals surface area contributed by atoms with Crippen molar-refractivity contribution in [3.63, 3.8) is 0 Å². The van der Waals surface area contributed by atoms with Gasteiger partial charge >= 0.3 is 0 Å². The molecule has 0 bridgehead atoms. The summed E-state index contributed by atoms with van der Waals surface area (Å²) in [5.41, 5.74) is 13.3. The van der Waals surface area contributed by atoms with E-state index in [1.165, 1.54) is 71.6 Å². The van der Waals surface area contributed by atoms with Crippen molar-refractivity contribution in [2.75, 3.05) is 0 Å². The van der Waals surface area contributed by atoms with Crippen molar-refractivity contribution in [1.82, 2.24) is 4.57 Å². The molecule has 0 fully saturated rings. The minimum Gasteiger partial charge on any atom is -0.455 e. The lowest BCUT2D eigenvalue weighted by molar-refractivity contribution is 0.672. The van der Waals surface area contributed by atoms with Crippen LogP contribution in [0.5, 0.6) is 0 Å². The molecule has 2 heterocycles. The van der Waals surface area contributed by atoms with Gasteiger partial charge in [0.25, 0.3) is 0 Å². The van der Waals surface area contributed by atoms with Gasteiger partial charge in [0.05, 0.1) is 16.7 Å². The summed E-state index contributed by atoms with van der Waals surface area (Å²) in [6.07, 6.45) is 0.955. The number of para-hydroxylation sites is 1. The van der Waals surface area contributed by atoms with Crippen LogP contribution in [0.15, 0.2) is 144 Å². The van der Waals surface area contributed by atoms with Crippen LogP contribution in [-0.2, 0) is 6.42 Å². The average molecular weight is 548 g/mol. The lowest BCUT2D eigenvalue weighted by atomic mass is 10.00. The van der Waals surface area contributed by atoms with Crippen LogP contribution >= 0.6 is 0 Å². The van der Waals surface area contributed by atoms with Gasteiger partial charge in [-0.15, -0.1) is 0 Å². The predicted molar refractivity (Wildman–Crippen MR) is 179 cm³/mol. The molecule has 0 N–H and O–H groups in total. The highest BCUT2D eigenvalue weighted by Gasteiger charge is 2.23. The third kappa shape index (κ3) is 3.18. The van der Waals surface area contributed by atoms with Gasteiger partial charge in [-0.3, -0.25) is 0 Å². The van der Waals surface area contributed by atoms with Crippen molar-refractivity contribution in [2.45, 2.75) is 6.42 Å². The molecule has 0 atom stereocenters. The largest absolute Gasteiger partial charge is 0.455 e. The third-order valence-corrected chi connectivity index (χ3v) is 9.39. The zero-order chi connectivity index (χ0) is 28.1. The summed E-state index contributed by atoms with van der Waals surface area (Å²) in [5, 5.41) is 7.16. The molecule has 7 aromatic carbocycles. The number of nitrogens with zero attached hydrogens (tertiary/aromatic N) is 1. The monoisotopic (exact) mass is 547 g/mol. The van der Waals surface area contributed by atoms with Crippen LogP contribution in [0.3, 0.4) is 0 Å². The van der Waals surface area contributed by atoms with Crippen LogP contribution < -0.4 is 0 Å². The summed E-state index contributed by atoms with van der Waals surface area (Å²) < 4.78 is 9.14. The van der Waals surface area contributed by atoms with Crippen molar-refractivity contribution in [3.05, 3.63) is 151 Å². The molecule has 0 aliphatic heterocycles. The maximum atomic E-state index is 6.69. The lowest BCUT2D eigenvalue weighted by Gasteiger charge is -2.13. The number of rotatable bonds is 2. The van der Waals surface area contributed by atoms with Gasteiger partial charge in [-0.25, -0.2) is 0 Å². The molecule has 0 saturated heterocycles. The average Bonchev–Trinajstić information content (AvgIpc) is 3.72. The second-order valence-electron chi connectivity index (χ2n) is 11.7. The minimum atomic E-state index is 0.955. The lowest BCUT2D eigenvalue weighted by Crippen LogP contribution is -1.95. The molecule has 43 heavy (non-hydrogen) atoms. The Bertz CT molecular complexity index is 2580. The number of aromatic nitrogens is 1. The van der Waals surface area contributed by atoms with Gasteiger partial charge < -0.3 is 8.98 Å². The maximum absolute atomic E-state index is 6.69. The molecule has 2 heteroatoms. The van der Waals surface area contributed by atoms with Crippen LogP contribution in [0.25, 0.3) is 82.5 Å². The highest BCUT2D eigenvalue weighted by molar-refractivity contribution is 6.20. The Kier molecular flexibility index (Phi) is 4.53. The van der Waals surface area contributed by atoms with Crippen molar-refractivity contribution >= 4 is 54.5 Å². The van der Waals surface area contributed by atoms with Crippen LogP contribution in [0.4, 0.5) is 0 Å². The van der Waals surface area contributed by atoms with Crippen molar-refractivity contribution < 1.29 is 4.42 Å². The Labute approximate surface area is 248 Å². The summed E-state index contributed by atoms with van der Waals surface area (Å²) in [7, 11) is 0. The van der Waals surface area contributed by atoms with Crippen molar-refractivity contribution in [2.24, 2.45) is 0 Å². The zero-order valence-electron chi connectivity index (χ0n) is 23.3. The van der Waals surface area contributed by atoms with Gasteiger partial charge in [0.15, 0.2) is 0 Å². The first-order chi connectivity index (χ1) is 21.3. The topological polar surface area (TPSA) is 18.1 Å². The first-order valence-corrected chi connectivity index (χ1v) is 14.9. The van der Waals surface area contributed by atoms with Gasteiger partial charge in [-0.1, -0.05) is 103 Å². The van der Waals surface area contributed by atoms with E-state index in [-0.39, 0.29) is 0 Å².